The Morgan fingerprint density at radius 3 is 2.52 bits per heavy atom. The summed E-state index contributed by atoms with van der Waals surface area (Å²) in [5.41, 5.74) is -0.449. The van der Waals surface area contributed by atoms with Gasteiger partial charge in [-0.05, 0) is 22.0 Å². The predicted molar refractivity (Wildman–Crippen MR) is 71.3 cm³/mol. The summed E-state index contributed by atoms with van der Waals surface area (Å²) >= 11 is 2.81. The monoisotopic (exact) mass is 364 g/mol. The van der Waals surface area contributed by atoms with E-state index in [-0.39, 0.29) is 4.47 Å². The molecule has 0 aliphatic carbocycles. The lowest BCUT2D eigenvalue weighted by Crippen LogP contribution is -2.31. The minimum absolute atomic E-state index is 0.0843. The number of carbonyl (C=O) groups is 2. The van der Waals surface area contributed by atoms with Crippen molar-refractivity contribution in [3.63, 3.8) is 0 Å². The summed E-state index contributed by atoms with van der Waals surface area (Å²) in [7, 11) is 2.32. The highest BCUT2D eigenvalue weighted by Crippen LogP contribution is 2.26. The summed E-state index contributed by atoms with van der Waals surface area (Å²) in [6.45, 7) is -0.393. The van der Waals surface area contributed by atoms with Crippen LogP contribution in [0.3, 0.4) is 0 Å². The van der Waals surface area contributed by atoms with Gasteiger partial charge in [0.05, 0.1) is 11.6 Å². The number of nitrogens with zero attached hydrogens (tertiary/aromatic N) is 2. The van der Waals surface area contributed by atoms with Crippen molar-refractivity contribution < 1.29 is 27.8 Å². The number of methoxy groups -OCH3 is 2. The summed E-state index contributed by atoms with van der Waals surface area (Å²) in [6, 6.07) is 0.0346. The SMILES string of the molecule is COCC(=O)C(N=Nc1cc(F)c(Br)cc1F)C(=O)OC. The number of carbonyl (C=O) groups excluding carboxylic acids is 2. The lowest BCUT2D eigenvalue weighted by Gasteiger charge is -2.07. The molecule has 0 aliphatic heterocycles. The summed E-state index contributed by atoms with van der Waals surface area (Å²) in [5.74, 6) is -3.32. The van der Waals surface area contributed by atoms with Gasteiger partial charge in [0.1, 0.15) is 18.1 Å². The Balaban J connectivity index is 3.05. The molecule has 0 radical (unpaired) electrons. The number of halogens is 3. The van der Waals surface area contributed by atoms with Crippen molar-refractivity contribution in [2.24, 2.45) is 10.2 Å². The standard InChI is InChI=1S/C12H11BrF2N2O4/c1-20-5-10(18)11(12(19)21-2)17-16-9-4-7(14)6(13)3-8(9)15/h3-4,11H,5H2,1-2H3. The highest BCUT2D eigenvalue weighted by molar-refractivity contribution is 9.10. The summed E-state index contributed by atoms with van der Waals surface area (Å²) < 4.78 is 35.7. The van der Waals surface area contributed by atoms with Crippen LogP contribution in [0.4, 0.5) is 14.5 Å². The van der Waals surface area contributed by atoms with Gasteiger partial charge in [0.15, 0.2) is 11.6 Å². The molecule has 9 heteroatoms. The maximum absolute atomic E-state index is 13.5. The molecule has 21 heavy (non-hydrogen) atoms. The summed E-state index contributed by atoms with van der Waals surface area (Å²) in [4.78, 5) is 23.0. The number of hydrogen-bond acceptors (Lipinski definition) is 6. The van der Waals surface area contributed by atoms with Crippen molar-refractivity contribution in [2.75, 3.05) is 20.8 Å². The molecule has 1 unspecified atom stereocenters. The third-order valence-corrected chi connectivity index (χ3v) is 2.89. The second kappa shape index (κ2) is 7.89. The van der Waals surface area contributed by atoms with E-state index in [9.17, 15) is 18.4 Å². The Morgan fingerprint density at radius 2 is 1.95 bits per heavy atom. The van der Waals surface area contributed by atoms with Gasteiger partial charge in [-0.2, -0.15) is 10.2 Å². The zero-order valence-electron chi connectivity index (χ0n) is 11.1. The number of rotatable bonds is 6. The number of ether oxygens (including phenoxy) is 2. The Bertz CT molecular complexity index is 581. The number of azo groups is 1. The molecule has 0 amide bonds. The predicted octanol–water partition coefficient (Wildman–Crippen LogP) is 2.57. The molecule has 0 heterocycles. The van der Waals surface area contributed by atoms with Gasteiger partial charge < -0.3 is 9.47 Å². The van der Waals surface area contributed by atoms with Crippen molar-refractivity contribution in [1.82, 2.24) is 0 Å². The molecule has 0 spiro atoms. The van der Waals surface area contributed by atoms with E-state index in [2.05, 4.69) is 35.6 Å². The minimum Gasteiger partial charge on any atom is -0.467 e. The zero-order valence-corrected chi connectivity index (χ0v) is 12.7. The fourth-order valence-corrected chi connectivity index (χ4v) is 1.60. The molecule has 0 saturated carbocycles. The Kier molecular flexibility index (Phi) is 6.50. The first-order valence-electron chi connectivity index (χ1n) is 5.55. The fourth-order valence-electron chi connectivity index (χ4n) is 1.28. The molecule has 1 atom stereocenters. The van der Waals surface area contributed by atoms with Gasteiger partial charge in [0.25, 0.3) is 0 Å². The Labute approximate surface area is 127 Å². The van der Waals surface area contributed by atoms with Crippen LogP contribution in [0, 0.1) is 11.6 Å². The van der Waals surface area contributed by atoms with E-state index in [4.69, 9.17) is 0 Å². The van der Waals surface area contributed by atoms with E-state index < -0.39 is 41.7 Å². The van der Waals surface area contributed by atoms with Crippen LogP contribution in [-0.4, -0.2) is 38.6 Å². The van der Waals surface area contributed by atoms with Crippen LogP contribution in [0.25, 0.3) is 0 Å². The van der Waals surface area contributed by atoms with E-state index in [0.717, 1.165) is 19.2 Å². The van der Waals surface area contributed by atoms with E-state index in [1.165, 1.54) is 7.11 Å². The van der Waals surface area contributed by atoms with Crippen molar-refractivity contribution in [2.45, 2.75) is 6.04 Å². The Hall–Kier alpha value is -1.74. The first-order valence-corrected chi connectivity index (χ1v) is 6.34. The van der Waals surface area contributed by atoms with Gasteiger partial charge in [0.2, 0.25) is 6.04 Å². The van der Waals surface area contributed by atoms with Crippen LogP contribution >= 0.6 is 15.9 Å². The van der Waals surface area contributed by atoms with Crippen LogP contribution in [0.2, 0.25) is 0 Å². The second-order valence-electron chi connectivity index (χ2n) is 3.76. The van der Waals surface area contributed by atoms with Gasteiger partial charge in [-0.25, -0.2) is 13.6 Å². The van der Waals surface area contributed by atoms with E-state index in [1.807, 2.05) is 0 Å². The van der Waals surface area contributed by atoms with Crippen molar-refractivity contribution in [1.29, 1.82) is 0 Å². The van der Waals surface area contributed by atoms with Crippen LogP contribution in [0.1, 0.15) is 0 Å². The first-order chi connectivity index (χ1) is 9.90. The van der Waals surface area contributed by atoms with Crippen molar-refractivity contribution in [3.8, 4) is 0 Å². The lowest BCUT2D eigenvalue weighted by atomic mass is 10.2. The van der Waals surface area contributed by atoms with Gasteiger partial charge in [0, 0.05) is 13.2 Å². The number of esters is 1. The minimum atomic E-state index is -1.60. The number of benzene rings is 1. The van der Waals surface area contributed by atoms with Crippen LogP contribution < -0.4 is 0 Å². The van der Waals surface area contributed by atoms with E-state index in [1.54, 1.807) is 0 Å². The average Bonchev–Trinajstić information content (AvgIpc) is 2.44. The van der Waals surface area contributed by atoms with Crippen molar-refractivity contribution >= 4 is 33.4 Å². The lowest BCUT2D eigenvalue weighted by molar-refractivity contribution is -0.146. The van der Waals surface area contributed by atoms with Gasteiger partial charge in [-0.1, -0.05) is 0 Å². The molecule has 0 fully saturated rings. The molecular weight excluding hydrogens is 354 g/mol. The maximum Gasteiger partial charge on any atom is 0.340 e. The number of hydrogen-bond donors (Lipinski definition) is 0. The normalized spacial score (nSPS) is 12.4. The molecule has 1 aromatic carbocycles. The maximum atomic E-state index is 13.5. The molecule has 0 N–H and O–H groups in total. The fraction of sp³-hybridized carbons (Fsp3) is 0.333. The van der Waals surface area contributed by atoms with Crippen LogP contribution in [0.15, 0.2) is 26.8 Å². The molecular formula is C12H11BrF2N2O4. The largest absolute Gasteiger partial charge is 0.467 e. The van der Waals surface area contributed by atoms with Crippen LogP contribution in [0.5, 0.6) is 0 Å². The molecule has 6 nitrogen and oxygen atoms in total. The summed E-state index contributed by atoms with van der Waals surface area (Å²) in [5, 5.41) is 6.81. The van der Waals surface area contributed by atoms with Gasteiger partial charge >= 0.3 is 5.97 Å². The smallest absolute Gasteiger partial charge is 0.340 e. The first kappa shape index (κ1) is 17.3. The molecule has 114 valence electrons. The molecule has 0 bridgehead atoms. The zero-order chi connectivity index (χ0) is 16.0. The van der Waals surface area contributed by atoms with Gasteiger partial charge in [-0.3, -0.25) is 4.79 Å². The van der Waals surface area contributed by atoms with E-state index in [0.29, 0.717) is 0 Å². The molecule has 0 aromatic heterocycles. The molecule has 0 saturated heterocycles. The topological polar surface area (TPSA) is 77.3 Å². The van der Waals surface area contributed by atoms with Crippen LogP contribution in [-0.2, 0) is 19.1 Å². The second-order valence-corrected chi connectivity index (χ2v) is 4.61. The highest BCUT2D eigenvalue weighted by Gasteiger charge is 2.27. The number of ketones is 1. The molecule has 0 aliphatic rings. The molecule has 1 rings (SSSR count). The average molecular weight is 365 g/mol. The van der Waals surface area contributed by atoms with Crippen molar-refractivity contribution in [3.05, 3.63) is 28.2 Å². The highest BCUT2D eigenvalue weighted by atomic mass is 79.9. The Morgan fingerprint density at radius 1 is 1.29 bits per heavy atom. The summed E-state index contributed by atoms with van der Waals surface area (Å²) in [6.07, 6.45) is 0. The quantitative estimate of drug-likeness (QED) is 0.336. The van der Waals surface area contributed by atoms with E-state index >= 15 is 0 Å². The third-order valence-electron chi connectivity index (χ3n) is 2.29. The third kappa shape index (κ3) is 4.64. The van der Waals surface area contributed by atoms with Gasteiger partial charge in [-0.15, -0.1) is 0 Å². The number of Topliss-reactive ketones (excluding diaryl/α,β-unsaturated/α-hetero) is 1. The molecule has 1 aromatic rings.